The Morgan fingerprint density at radius 3 is 2.83 bits per heavy atom. The molecule has 2 saturated heterocycles. The molecule has 2 aliphatic heterocycles. The van der Waals surface area contributed by atoms with Crippen LogP contribution < -0.4 is 4.74 Å². The fourth-order valence-electron chi connectivity index (χ4n) is 3.93. The molecule has 5 heteroatoms. The first-order valence-corrected chi connectivity index (χ1v) is 8.68. The first-order valence-electron chi connectivity index (χ1n) is 8.68. The zero-order chi connectivity index (χ0) is 17.0. The molecule has 1 amide bonds. The molecule has 1 aromatic carbocycles. The maximum absolute atomic E-state index is 11.9. The van der Waals surface area contributed by atoms with Gasteiger partial charge in [0.2, 0.25) is 5.91 Å². The van der Waals surface area contributed by atoms with Crippen molar-refractivity contribution in [1.82, 2.24) is 4.90 Å². The van der Waals surface area contributed by atoms with Crippen molar-refractivity contribution in [3.8, 4) is 5.75 Å². The average molecular weight is 333 g/mol. The first kappa shape index (κ1) is 17.2. The van der Waals surface area contributed by atoms with E-state index in [0.29, 0.717) is 5.92 Å². The maximum atomic E-state index is 11.9. The normalized spacial score (nSPS) is 22.8. The Morgan fingerprint density at radius 2 is 2.12 bits per heavy atom. The summed E-state index contributed by atoms with van der Waals surface area (Å²) in [6.07, 6.45) is 3.95. The van der Waals surface area contributed by atoms with Gasteiger partial charge in [0.1, 0.15) is 12.4 Å². The topological polar surface area (TPSA) is 48.0 Å². The van der Waals surface area contributed by atoms with Crippen molar-refractivity contribution in [2.45, 2.75) is 31.3 Å². The number of nitrogens with zero attached hydrogens (tertiary/aromatic N) is 1. The third kappa shape index (κ3) is 3.90. The molecular formula is C19H27NO4. The monoisotopic (exact) mass is 333 g/mol. The third-order valence-corrected chi connectivity index (χ3v) is 5.24. The number of methoxy groups -OCH3 is 2. The Kier molecular flexibility index (Phi) is 5.41. The molecule has 1 aromatic rings. The van der Waals surface area contributed by atoms with E-state index < -0.39 is 0 Å². The number of ether oxygens (including phenoxy) is 3. The number of carbonyl (C=O) groups excluding carboxylic acids is 1. The van der Waals surface area contributed by atoms with Gasteiger partial charge in [-0.15, -0.1) is 0 Å². The van der Waals surface area contributed by atoms with Crippen LogP contribution in [-0.2, 0) is 20.7 Å². The van der Waals surface area contributed by atoms with Gasteiger partial charge in [-0.1, -0.05) is 12.1 Å². The number of carbonyl (C=O) groups is 1. The molecule has 0 N–H and O–H groups in total. The highest BCUT2D eigenvalue weighted by Gasteiger charge is 2.43. The average Bonchev–Trinajstić information content (AvgIpc) is 2.98. The molecule has 2 heterocycles. The van der Waals surface area contributed by atoms with Crippen molar-refractivity contribution < 1.29 is 19.0 Å². The standard InChI is InChI=1S/C19H27NO4/c1-22-14-18(21)20-8-6-19(7-9-20)12-16(13-24-19)10-15-4-3-5-17(11-15)23-2/h3-5,11,16H,6-10,12-14H2,1-2H3. The van der Waals surface area contributed by atoms with Gasteiger partial charge in [-0.25, -0.2) is 0 Å². The molecule has 2 fully saturated rings. The zero-order valence-corrected chi connectivity index (χ0v) is 14.6. The van der Waals surface area contributed by atoms with Crippen LogP contribution in [0.25, 0.3) is 0 Å². The predicted octanol–water partition coefficient (Wildman–Crippen LogP) is 2.28. The lowest BCUT2D eigenvalue weighted by atomic mass is 9.83. The number of likely N-dealkylation sites (tertiary alicyclic amines) is 1. The quantitative estimate of drug-likeness (QED) is 0.829. The van der Waals surface area contributed by atoms with Gasteiger partial charge in [0, 0.05) is 20.2 Å². The Labute approximate surface area is 143 Å². The molecule has 0 saturated carbocycles. The summed E-state index contributed by atoms with van der Waals surface area (Å²) in [6, 6.07) is 8.28. The molecular weight excluding hydrogens is 306 g/mol. The lowest BCUT2D eigenvalue weighted by Gasteiger charge is -2.38. The van der Waals surface area contributed by atoms with Crippen molar-refractivity contribution in [2.75, 3.05) is 40.5 Å². The lowest BCUT2D eigenvalue weighted by molar-refractivity contribution is -0.139. The number of benzene rings is 1. The lowest BCUT2D eigenvalue weighted by Crippen LogP contribution is -2.47. The maximum Gasteiger partial charge on any atom is 0.248 e. The molecule has 0 bridgehead atoms. The SMILES string of the molecule is COCC(=O)N1CCC2(CC1)CC(Cc1cccc(OC)c1)CO2. The second kappa shape index (κ2) is 7.53. The molecule has 3 rings (SSSR count). The number of hydrogen-bond acceptors (Lipinski definition) is 4. The summed E-state index contributed by atoms with van der Waals surface area (Å²) in [5.41, 5.74) is 1.26. The molecule has 1 atom stereocenters. The largest absolute Gasteiger partial charge is 0.497 e. The van der Waals surface area contributed by atoms with Gasteiger partial charge in [0.15, 0.2) is 0 Å². The highest BCUT2D eigenvalue weighted by molar-refractivity contribution is 5.77. The molecule has 0 aliphatic carbocycles. The van der Waals surface area contributed by atoms with Crippen molar-refractivity contribution in [3.63, 3.8) is 0 Å². The van der Waals surface area contributed by atoms with Crippen molar-refractivity contribution >= 4 is 5.91 Å². The van der Waals surface area contributed by atoms with Crippen LogP contribution in [0.3, 0.4) is 0 Å². The van der Waals surface area contributed by atoms with Crippen molar-refractivity contribution in [1.29, 1.82) is 0 Å². The third-order valence-electron chi connectivity index (χ3n) is 5.24. The number of hydrogen-bond donors (Lipinski definition) is 0. The molecule has 2 aliphatic rings. The molecule has 1 unspecified atom stereocenters. The highest BCUT2D eigenvalue weighted by Crippen LogP contribution is 2.39. The highest BCUT2D eigenvalue weighted by atomic mass is 16.5. The van der Waals surface area contributed by atoms with E-state index in [-0.39, 0.29) is 18.1 Å². The molecule has 24 heavy (non-hydrogen) atoms. The van der Waals surface area contributed by atoms with E-state index in [2.05, 4.69) is 12.1 Å². The van der Waals surface area contributed by atoms with E-state index in [1.54, 1.807) is 14.2 Å². The second-order valence-corrected chi connectivity index (χ2v) is 6.93. The minimum absolute atomic E-state index is 0.0343. The minimum Gasteiger partial charge on any atom is -0.497 e. The number of amides is 1. The second-order valence-electron chi connectivity index (χ2n) is 6.93. The Hall–Kier alpha value is -1.59. The van der Waals surface area contributed by atoms with Crippen LogP contribution >= 0.6 is 0 Å². The first-order chi connectivity index (χ1) is 11.6. The van der Waals surface area contributed by atoms with Crippen LogP contribution in [0.1, 0.15) is 24.8 Å². The summed E-state index contributed by atoms with van der Waals surface area (Å²) in [5.74, 6) is 1.53. The molecule has 0 radical (unpaired) electrons. The van der Waals surface area contributed by atoms with Crippen molar-refractivity contribution in [2.24, 2.45) is 5.92 Å². The molecule has 5 nitrogen and oxygen atoms in total. The van der Waals surface area contributed by atoms with Crippen LogP contribution in [0.15, 0.2) is 24.3 Å². The smallest absolute Gasteiger partial charge is 0.248 e. The minimum atomic E-state index is -0.0343. The van der Waals surface area contributed by atoms with Crippen LogP contribution in [0.5, 0.6) is 5.75 Å². The molecule has 132 valence electrons. The van der Waals surface area contributed by atoms with Crippen LogP contribution in [0.4, 0.5) is 0 Å². The Balaban J connectivity index is 1.53. The zero-order valence-electron chi connectivity index (χ0n) is 14.6. The molecule has 1 spiro atoms. The fraction of sp³-hybridized carbons (Fsp3) is 0.632. The van der Waals surface area contributed by atoms with E-state index in [1.165, 1.54) is 5.56 Å². The van der Waals surface area contributed by atoms with Gasteiger partial charge in [0.05, 0.1) is 19.3 Å². The van der Waals surface area contributed by atoms with Gasteiger partial charge in [-0.05, 0) is 49.3 Å². The summed E-state index contributed by atoms with van der Waals surface area (Å²) >= 11 is 0. The summed E-state index contributed by atoms with van der Waals surface area (Å²) in [7, 11) is 3.26. The Bertz CT molecular complexity index is 566. The summed E-state index contributed by atoms with van der Waals surface area (Å²) in [4.78, 5) is 13.8. The van der Waals surface area contributed by atoms with Gasteiger partial charge in [-0.3, -0.25) is 4.79 Å². The summed E-state index contributed by atoms with van der Waals surface area (Å²) in [5, 5.41) is 0. The fourth-order valence-corrected chi connectivity index (χ4v) is 3.93. The van der Waals surface area contributed by atoms with Crippen LogP contribution in [0, 0.1) is 5.92 Å². The summed E-state index contributed by atoms with van der Waals surface area (Å²) in [6.45, 7) is 2.53. The van der Waals surface area contributed by atoms with Gasteiger partial charge in [0.25, 0.3) is 0 Å². The predicted molar refractivity (Wildman–Crippen MR) is 91.2 cm³/mol. The van der Waals surface area contributed by atoms with E-state index >= 15 is 0 Å². The van der Waals surface area contributed by atoms with Gasteiger partial charge in [-0.2, -0.15) is 0 Å². The summed E-state index contributed by atoms with van der Waals surface area (Å²) < 4.78 is 16.5. The van der Waals surface area contributed by atoms with E-state index in [4.69, 9.17) is 14.2 Å². The van der Waals surface area contributed by atoms with E-state index in [1.807, 2.05) is 17.0 Å². The van der Waals surface area contributed by atoms with E-state index in [9.17, 15) is 4.79 Å². The Morgan fingerprint density at radius 1 is 1.33 bits per heavy atom. The number of rotatable bonds is 5. The van der Waals surface area contributed by atoms with Crippen molar-refractivity contribution in [3.05, 3.63) is 29.8 Å². The number of piperidine rings is 1. The van der Waals surface area contributed by atoms with Crippen LogP contribution in [-0.4, -0.2) is 56.9 Å². The van der Waals surface area contributed by atoms with E-state index in [0.717, 1.165) is 51.1 Å². The molecule has 0 aromatic heterocycles. The van der Waals surface area contributed by atoms with Crippen LogP contribution in [0.2, 0.25) is 0 Å². The van der Waals surface area contributed by atoms with Gasteiger partial charge >= 0.3 is 0 Å². The van der Waals surface area contributed by atoms with Gasteiger partial charge < -0.3 is 19.1 Å².